The molecule has 26 heavy (non-hydrogen) atoms. The smallest absolute Gasteiger partial charge is 0.408 e. The number of hydrogen-bond donors (Lipinski definition) is 2. The fraction of sp³-hybridized carbons (Fsp3) is 0.556. The number of amides is 2. The van der Waals surface area contributed by atoms with Crippen LogP contribution in [0.2, 0.25) is 0 Å². The normalized spacial score (nSPS) is 16.1. The van der Waals surface area contributed by atoms with Crippen LogP contribution in [0.5, 0.6) is 0 Å². The zero-order valence-electron chi connectivity index (χ0n) is 15.2. The maximum Gasteiger partial charge on any atom is 0.408 e. The topological polar surface area (TPSA) is 104 Å². The van der Waals surface area contributed by atoms with E-state index in [0.29, 0.717) is 24.3 Å². The predicted molar refractivity (Wildman–Crippen MR) is 99.3 cm³/mol. The predicted octanol–water partition coefficient (Wildman–Crippen LogP) is 2.38. The molecule has 2 N–H and O–H groups in total. The lowest BCUT2D eigenvalue weighted by Crippen LogP contribution is -2.52. The fourth-order valence-corrected chi connectivity index (χ4v) is 3.08. The summed E-state index contributed by atoms with van der Waals surface area (Å²) in [4.78, 5) is 28.8. The average molecular weight is 376 g/mol. The fourth-order valence-electron chi connectivity index (χ4n) is 2.11. The minimum Gasteiger partial charge on any atom is -0.444 e. The van der Waals surface area contributed by atoms with Crippen molar-refractivity contribution in [1.82, 2.24) is 15.6 Å². The van der Waals surface area contributed by atoms with E-state index in [4.69, 9.17) is 10.00 Å². The van der Waals surface area contributed by atoms with E-state index in [1.165, 1.54) is 11.8 Å². The van der Waals surface area contributed by atoms with Gasteiger partial charge in [-0.25, -0.2) is 4.79 Å². The summed E-state index contributed by atoms with van der Waals surface area (Å²) in [5.74, 6) is 0.594. The second kappa shape index (κ2) is 8.41. The molecule has 0 aliphatic heterocycles. The van der Waals surface area contributed by atoms with Crippen LogP contribution < -0.4 is 10.6 Å². The molecule has 0 bridgehead atoms. The van der Waals surface area contributed by atoms with Crippen LogP contribution in [0.1, 0.15) is 39.3 Å². The number of carbonyl (C=O) groups is 2. The average Bonchev–Trinajstić information content (AvgIpc) is 3.33. The van der Waals surface area contributed by atoms with E-state index in [1.807, 2.05) is 18.2 Å². The quantitative estimate of drug-likeness (QED) is 0.757. The molecule has 1 saturated carbocycles. The number of carbonyl (C=O) groups excluding carboxylic acids is 2. The zero-order chi connectivity index (χ0) is 19.2. The summed E-state index contributed by atoms with van der Waals surface area (Å²) >= 11 is 1.48. The van der Waals surface area contributed by atoms with Crippen molar-refractivity contribution in [3.05, 3.63) is 30.1 Å². The highest BCUT2D eigenvalue weighted by Gasteiger charge is 2.45. The standard InChI is InChI=1S/C18H24N4O3S/c1-17(2,3)25-16(24)21-14(15(23)22-18(12-19)7-8-18)11-26-10-13-6-4-5-9-20-13/h4-6,9,14H,7-8,10-11H2,1-3H3,(H,21,24)(H,22,23)/t14-/m0/s1. The van der Waals surface area contributed by atoms with Crippen molar-refractivity contribution in [2.45, 2.75) is 56.5 Å². The van der Waals surface area contributed by atoms with Crippen molar-refractivity contribution in [3.8, 4) is 6.07 Å². The third-order valence-corrected chi connectivity index (χ3v) is 4.66. The van der Waals surface area contributed by atoms with Crippen LogP contribution in [0.25, 0.3) is 0 Å². The Morgan fingerprint density at radius 1 is 1.42 bits per heavy atom. The lowest BCUT2D eigenvalue weighted by Gasteiger charge is -2.24. The maximum atomic E-state index is 12.5. The lowest BCUT2D eigenvalue weighted by molar-refractivity contribution is -0.123. The molecule has 2 amide bonds. The molecule has 1 heterocycles. The van der Waals surface area contributed by atoms with Crippen LogP contribution in [-0.4, -0.2) is 39.9 Å². The van der Waals surface area contributed by atoms with Crippen LogP contribution in [0.3, 0.4) is 0 Å². The van der Waals surface area contributed by atoms with E-state index in [1.54, 1.807) is 27.0 Å². The SMILES string of the molecule is CC(C)(C)OC(=O)N[C@@H](CSCc1ccccn1)C(=O)NC1(C#N)CC1. The Balaban J connectivity index is 1.94. The van der Waals surface area contributed by atoms with Gasteiger partial charge in [0, 0.05) is 17.7 Å². The van der Waals surface area contributed by atoms with Gasteiger partial charge < -0.3 is 15.4 Å². The van der Waals surface area contributed by atoms with Crippen molar-refractivity contribution in [2.24, 2.45) is 0 Å². The Morgan fingerprint density at radius 3 is 2.69 bits per heavy atom. The molecular weight excluding hydrogens is 352 g/mol. The molecule has 0 unspecified atom stereocenters. The molecule has 8 heteroatoms. The molecule has 0 radical (unpaired) electrons. The Hall–Kier alpha value is -2.27. The van der Waals surface area contributed by atoms with Gasteiger partial charge in [0.1, 0.15) is 17.2 Å². The first-order chi connectivity index (χ1) is 12.2. The molecule has 0 aromatic carbocycles. The van der Waals surface area contributed by atoms with E-state index >= 15 is 0 Å². The Morgan fingerprint density at radius 2 is 2.15 bits per heavy atom. The van der Waals surface area contributed by atoms with Gasteiger partial charge in [0.2, 0.25) is 5.91 Å². The van der Waals surface area contributed by atoms with Crippen LogP contribution >= 0.6 is 11.8 Å². The number of nitrogens with zero attached hydrogens (tertiary/aromatic N) is 2. The van der Waals surface area contributed by atoms with Crippen LogP contribution in [0.4, 0.5) is 4.79 Å². The van der Waals surface area contributed by atoms with E-state index in [0.717, 1.165) is 5.69 Å². The van der Waals surface area contributed by atoms with Crippen molar-refractivity contribution in [2.75, 3.05) is 5.75 Å². The number of alkyl carbamates (subject to hydrolysis) is 1. The molecule has 1 aromatic rings. The molecule has 0 spiro atoms. The first-order valence-corrected chi connectivity index (χ1v) is 9.59. The minimum atomic E-state index is -0.788. The highest BCUT2D eigenvalue weighted by Crippen LogP contribution is 2.34. The van der Waals surface area contributed by atoms with Crippen molar-refractivity contribution in [1.29, 1.82) is 5.26 Å². The number of rotatable bonds is 7. The summed E-state index contributed by atoms with van der Waals surface area (Å²) in [6, 6.07) is 6.97. The van der Waals surface area contributed by atoms with E-state index < -0.39 is 23.3 Å². The molecular formula is C18H24N4O3S. The Bertz CT molecular complexity index is 678. The van der Waals surface area contributed by atoms with Crippen LogP contribution in [0, 0.1) is 11.3 Å². The molecule has 1 fully saturated rings. The molecule has 2 rings (SSSR count). The first-order valence-electron chi connectivity index (χ1n) is 8.43. The van der Waals surface area contributed by atoms with Gasteiger partial charge in [-0.15, -0.1) is 0 Å². The summed E-state index contributed by atoms with van der Waals surface area (Å²) in [6.07, 6.45) is 2.33. The summed E-state index contributed by atoms with van der Waals surface area (Å²) in [7, 11) is 0. The van der Waals surface area contributed by atoms with Gasteiger partial charge in [-0.2, -0.15) is 17.0 Å². The molecule has 0 saturated heterocycles. The number of nitriles is 1. The minimum absolute atomic E-state index is 0.350. The third kappa shape index (κ3) is 6.56. The maximum absolute atomic E-state index is 12.5. The highest BCUT2D eigenvalue weighted by atomic mass is 32.2. The van der Waals surface area contributed by atoms with Crippen LogP contribution in [-0.2, 0) is 15.3 Å². The molecule has 140 valence electrons. The summed E-state index contributed by atoms with van der Waals surface area (Å²) in [6.45, 7) is 5.27. The molecule has 1 aliphatic rings. The summed E-state index contributed by atoms with van der Waals surface area (Å²) in [5, 5.41) is 14.5. The van der Waals surface area contributed by atoms with Crippen molar-refractivity contribution < 1.29 is 14.3 Å². The Kier molecular flexibility index (Phi) is 6.48. The van der Waals surface area contributed by atoms with Gasteiger partial charge in [0.05, 0.1) is 11.8 Å². The third-order valence-electron chi connectivity index (χ3n) is 3.59. The number of ether oxygens (including phenoxy) is 1. The van der Waals surface area contributed by atoms with Gasteiger partial charge in [0.25, 0.3) is 0 Å². The molecule has 7 nitrogen and oxygen atoms in total. The molecule has 1 atom stereocenters. The van der Waals surface area contributed by atoms with Gasteiger partial charge >= 0.3 is 6.09 Å². The number of thioether (sulfide) groups is 1. The van der Waals surface area contributed by atoms with E-state index in [-0.39, 0.29) is 5.91 Å². The zero-order valence-corrected chi connectivity index (χ0v) is 16.1. The molecule has 1 aromatic heterocycles. The van der Waals surface area contributed by atoms with Gasteiger partial charge in [0.15, 0.2) is 0 Å². The van der Waals surface area contributed by atoms with Gasteiger partial charge in [-0.3, -0.25) is 9.78 Å². The molecule has 1 aliphatic carbocycles. The second-order valence-corrected chi connectivity index (χ2v) is 8.25. The van der Waals surface area contributed by atoms with E-state index in [9.17, 15) is 9.59 Å². The second-order valence-electron chi connectivity index (χ2n) is 7.22. The van der Waals surface area contributed by atoms with Gasteiger partial charge in [-0.1, -0.05) is 6.07 Å². The number of aromatic nitrogens is 1. The van der Waals surface area contributed by atoms with Crippen molar-refractivity contribution in [3.63, 3.8) is 0 Å². The summed E-state index contributed by atoms with van der Waals surface area (Å²) in [5.41, 5.74) is -0.544. The monoisotopic (exact) mass is 376 g/mol. The first kappa shape index (κ1) is 20.0. The number of nitrogens with one attached hydrogen (secondary N) is 2. The summed E-state index contributed by atoms with van der Waals surface area (Å²) < 4.78 is 5.24. The number of pyridine rings is 1. The number of hydrogen-bond acceptors (Lipinski definition) is 6. The largest absolute Gasteiger partial charge is 0.444 e. The van der Waals surface area contributed by atoms with Gasteiger partial charge in [-0.05, 0) is 45.7 Å². The van der Waals surface area contributed by atoms with E-state index in [2.05, 4.69) is 21.7 Å². The highest BCUT2D eigenvalue weighted by molar-refractivity contribution is 7.98. The lowest BCUT2D eigenvalue weighted by atomic mass is 10.2. The van der Waals surface area contributed by atoms with Crippen LogP contribution in [0.15, 0.2) is 24.4 Å². The van der Waals surface area contributed by atoms with Crippen molar-refractivity contribution >= 4 is 23.8 Å². The Labute approximate surface area is 157 Å².